The van der Waals surface area contributed by atoms with E-state index < -0.39 is 0 Å². The molecule has 154 valence electrons. The normalized spacial score (nSPS) is 10.1. The second-order valence-electron chi connectivity index (χ2n) is 5.47. The third kappa shape index (κ3) is 13.5. The van der Waals surface area contributed by atoms with Gasteiger partial charge in [-0.3, -0.25) is 9.59 Å². The maximum absolute atomic E-state index is 11.6. The molecule has 1 N–H and O–H groups in total. The molecule has 1 aromatic carbocycles. The summed E-state index contributed by atoms with van der Waals surface area (Å²) in [6.07, 6.45) is 0.791. The van der Waals surface area contributed by atoms with Crippen LogP contribution in [0.4, 0.5) is 0 Å². The second-order valence-corrected chi connectivity index (χ2v) is 5.47. The Morgan fingerprint density at radius 3 is 2.36 bits per heavy atom. The monoisotopic (exact) mass is 394 g/mol. The van der Waals surface area contributed by atoms with Crippen molar-refractivity contribution in [2.45, 2.75) is 19.3 Å². The zero-order chi connectivity index (χ0) is 20.3. The number of hydrogen-bond donors (Lipinski definition) is 1. The molecule has 1 aromatic rings. The molecule has 0 heterocycles. The van der Waals surface area contributed by atoms with E-state index in [1.165, 1.54) is 0 Å². The summed E-state index contributed by atoms with van der Waals surface area (Å²) in [5.41, 5.74) is 8.08. The quantitative estimate of drug-likeness (QED) is 0.0869. The molecule has 0 spiro atoms. The van der Waals surface area contributed by atoms with Crippen LogP contribution in [0.25, 0.3) is 10.4 Å². The Labute approximate surface area is 163 Å². The number of esters is 1. The molecular formula is C18H26N4O6. The van der Waals surface area contributed by atoms with Gasteiger partial charge in [-0.05, 0) is 24.1 Å². The fourth-order valence-electron chi connectivity index (χ4n) is 1.95. The Morgan fingerprint density at radius 1 is 0.964 bits per heavy atom. The number of benzene rings is 1. The lowest BCUT2D eigenvalue weighted by atomic mass is 10.2. The van der Waals surface area contributed by atoms with Crippen molar-refractivity contribution in [2.75, 3.05) is 46.3 Å². The van der Waals surface area contributed by atoms with Gasteiger partial charge in [0.1, 0.15) is 12.5 Å². The van der Waals surface area contributed by atoms with Gasteiger partial charge in [-0.1, -0.05) is 23.3 Å². The minimum absolute atomic E-state index is 0.0827. The maximum atomic E-state index is 11.6. The first-order chi connectivity index (χ1) is 13.7. The van der Waals surface area contributed by atoms with Gasteiger partial charge in [0.15, 0.2) is 0 Å². The highest BCUT2D eigenvalue weighted by molar-refractivity contribution is 5.77. The molecule has 0 saturated carbocycles. The Balaban J connectivity index is 1.87. The van der Waals surface area contributed by atoms with Crippen molar-refractivity contribution in [3.63, 3.8) is 0 Å². The van der Waals surface area contributed by atoms with Gasteiger partial charge >= 0.3 is 5.97 Å². The number of nitrogens with zero attached hydrogens (tertiary/aromatic N) is 3. The number of ether oxygens (including phenoxy) is 4. The predicted octanol–water partition coefficient (Wildman–Crippen LogP) is 2.20. The van der Waals surface area contributed by atoms with Gasteiger partial charge in [0.25, 0.3) is 0 Å². The van der Waals surface area contributed by atoms with Crippen LogP contribution < -0.4 is 10.1 Å². The largest absolute Gasteiger partial charge is 0.427 e. The highest BCUT2D eigenvalue weighted by atomic mass is 16.5. The Kier molecular flexibility index (Phi) is 13.8. The van der Waals surface area contributed by atoms with Crippen molar-refractivity contribution in [2.24, 2.45) is 5.11 Å². The van der Waals surface area contributed by atoms with Crippen LogP contribution in [0.2, 0.25) is 0 Å². The van der Waals surface area contributed by atoms with E-state index in [1.807, 2.05) is 6.07 Å². The third-order valence-electron chi connectivity index (χ3n) is 3.27. The minimum Gasteiger partial charge on any atom is -0.427 e. The fourth-order valence-corrected chi connectivity index (χ4v) is 1.95. The molecule has 10 nitrogen and oxygen atoms in total. The average molecular weight is 394 g/mol. The topological polar surface area (TPSA) is 132 Å². The Bertz CT molecular complexity index is 607. The molecule has 28 heavy (non-hydrogen) atoms. The first-order valence-corrected chi connectivity index (χ1v) is 8.99. The van der Waals surface area contributed by atoms with E-state index in [2.05, 4.69) is 15.3 Å². The van der Waals surface area contributed by atoms with Gasteiger partial charge in [-0.2, -0.15) is 0 Å². The number of azide groups is 1. The first kappa shape index (κ1) is 23.4. The summed E-state index contributed by atoms with van der Waals surface area (Å²) in [5.74, 6) is -0.0664. The second kappa shape index (κ2) is 16.5. The van der Waals surface area contributed by atoms with E-state index in [1.54, 1.807) is 24.3 Å². The standard InChI is InChI=1S/C18H26N4O6/c19-22-21-9-10-25-11-12-26-13-14-27-15-20-17(23)7-4-8-18(24)28-16-5-2-1-3-6-16/h1-3,5-6H,4,7-15H2,(H,20,23). The number of amides is 1. The number of carbonyl (C=O) groups excluding carboxylic acids is 2. The van der Waals surface area contributed by atoms with Crippen LogP contribution in [0.3, 0.4) is 0 Å². The van der Waals surface area contributed by atoms with Crippen LogP contribution >= 0.6 is 0 Å². The summed E-state index contributed by atoms with van der Waals surface area (Å²) in [6.45, 7) is 2.27. The number of carbonyl (C=O) groups is 2. The lowest BCUT2D eigenvalue weighted by Gasteiger charge is -2.08. The van der Waals surface area contributed by atoms with Crippen molar-refractivity contribution in [3.05, 3.63) is 40.8 Å². The van der Waals surface area contributed by atoms with Crippen molar-refractivity contribution in [3.8, 4) is 5.75 Å². The SMILES string of the molecule is [N-]=[N+]=NCCOCCOCCOCNC(=O)CCCC(=O)Oc1ccccc1. The maximum Gasteiger partial charge on any atom is 0.311 e. The Hall–Kier alpha value is -2.65. The van der Waals surface area contributed by atoms with Crippen LogP contribution in [0.1, 0.15) is 19.3 Å². The number of nitrogens with one attached hydrogen (secondary N) is 1. The average Bonchev–Trinajstić information content (AvgIpc) is 2.69. The molecule has 0 bridgehead atoms. The molecular weight excluding hydrogens is 368 g/mol. The number of rotatable bonds is 16. The van der Waals surface area contributed by atoms with Gasteiger partial charge in [-0.25, -0.2) is 0 Å². The molecule has 1 rings (SSSR count). The molecule has 10 heteroatoms. The zero-order valence-electron chi connectivity index (χ0n) is 15.7. The molecule has 0 aliphatic rings. The van der Waals surface area contributed by atoms with E-state index in [-0.39, 0.29) is 31.4 Å². The highest BCUT2D eigenvalue weighted by Gasteiger charge is 2.07. The van der Waals surface area contributed by atoms with Crippen LogP contribution in [-0.4, -0.2) is 58.2 Å². The summed E-state index contributed by atoms with van der Waals surface area (Å²) >= 11 is 0. The molecule has 0 unspecified atom stereocenters. The number of hydrogen-bond acceptors (Lipinski definition) is 7. The molecule has 0 radical (unpaired) electrons. The predicted molar refractivity (Wildman–Crippen MR) is 101 cm³/mol. The summed E-state index contributed by atoms with van der Waals surface area (Å²) in [4.78, 5) is 25.9. The third-order valence-corrected chi connectivity index (χ3v) is 3.27. The van der Waals surface area contributed by atoms with Crippen molar-refractivity contribution in [1.82, 2.24) is 5.32 Å². The van der Waals surface area contributed by atoms with Gasteiger partial charge in [0, 0.05) is 24.3 Å². The summed E-state index contributed by atoms with van der Waals surface area (Å²) in [7, 11) is 0. The van der Waals surface area contributed by atoms with Crippen molar-refractivity contribution < 1.29 is 28.5 Å². The van der Waals surface area contributed by atoms with E-state index in [0.717, 1.165) is 0 Å². The van der Waals surface area contributed by atoms with E-state index >= 15 is 0 Å². The van der Waals surface area contributed by atoms with Crippen LogP contribution in [0, 0.1) is 0 Å². The van der Waals surface area contributed by atoms with Crippen LogP contribution in [0.5, 0.6) is 5.75 Å². The van der Waals surface area contributed by atoms with Crippen molar-refractivity contribution >= 4 is 11.9 Å². The van der Waals surface area contributed by atoms with Crippen LogP contribution in [0.15, 0.2) is 35.4 Å². The van der Waals surface area contributed by atoms with E-state index in [9.17, 15) is 9.59 Å². The summed E-state index contributed by atoms with van der Waals surface area (Å²) in [5, 5.41) is 5.94. The van der Waals surface area contributed by atoms with Crippen LogP contribution in [-0.2, 0) is 23.8 Å². The molecule has 0 saturated heterocycles. The summed E-state index contributed by atoms with van der Waals surface area (Å²) in [6, 6.07) is 8.79. The van der Waals surface area contributed by atoms with E-state index in [0.29, 0.717) is 51.7 Å². The van der Waals surface area contributed by atoms with Crippen molar-refractivity contribution in [1.29, 1.82) is 0 Å². The van der Waals surface area contributed by atoms with E-state index in [4.69, 9.17) is 24.5 Å². The number of para-hydroxylation sites is 1. The molecule has 0 aromatic heterocycles. The molecule has 0 fully saturated rings. The fraction of sp³-hybridized carbons (Fsp3) is 0.556. The molecule has 0 aliphatic carbocycles. The van der Waals surface area contributed by atoms with Gasteiger partial charge in [0.2, 0.25) is 5.91 Å². The molecule has 0 aliphatic heterocycles. The Morgan fingerprint density at radius 2 is 1.64 bits per heavy atom. The van der Waals surface area contributed by atoms with Gasteiger partial charge in [0.05, 0.1) is 33.0 Å². The zero-order valence-corrected chi connectivity index (χ0v) is 15.7. The van der Waals surface area contributed by atoms with Gasteiger partial charge < -0.3 is 24.3 Å². The summed E-state index contributed by atoms with van der Waals surface area (Å²) < 4.78 is 20.8. The minimum atomic E-state index is -0.367. The lowest BCUT2D eigenvalue weighted by Crippen LogP contribution is -2.27. The smallest absolute Gasteiger partial charge is 0.311 e. The van der Waals surface area contributed by atoms with Gasteiger partial charge in [-0.15, -0.1) is 0 Å². The lowest BCUT2D eigenvalue weighted by molar-refractivity contribution is -0.134. The molecule has 1 amide bonds. The highest BCUT2D eigenvalue weighted by Crippen LogP contribution is 2.10. The molecule has 0 atom stereocenters. The first-order valence-electron chi connectivity index (χ1n) is 8.99.